The quantitative estimate of drug-likeness (QED) is 0.906. The summed E-state index contributed by atoms with van der Waals surface area (Å²) in [5.41, 5.74) is 4.93. The molecule has 104 valence electrons. The molecule has 1 aromatic heterocycles. The van der Waals surface area contributed by atoms with Crippen molar-refractivity contribution in [3.8, 4) is 0 Å². The zero-order valence-corrected chi connectivity index (χ0v) is 12.3. The van der Waals surface area contributed by atoms with Gasteiger partial charge in [0.2, 0.25) is 0 Å². The minimum absolute atomic E-state index is 0.172. The Labute approximate surface area is 121 Å². The van der Waals surface area contributed by atoms with Crippen LogP contribution in [-0.4, -0.2) is 12.0 Å². The van der Waals surface area contributed by atoms with E-state index in [4.69, 9.17) is 0 Å². The molecule has 20 heavy (non-hydrogen) atoms. The second-order valence-corrected chi connectivity index (χ2v) is 5.72. The van der Waals surface area contributed by atoms with E-state index < -0.39 is 0 Å². The summed E-state index contributed by atoms with van der Waals surface area (Å²) in [7, 11) is 1.99. The molecule has 1 unspecified atom stereocenters. The molecule has 0 saturated heterocycles. The van der Waals surface area contributed by atoms with E-state index in [1.165, 1.54) is 30.4 Å². The van der Waals surface area contributed by atoms with Crippen LogP contribution >= 0.6 is 0 Å². The Morgan fingerprint density at radius 3 is 2.40 bits per heavy atom. The van der Waals surface area contributed by atoms with Crippen LogP contribution in [0.15, 0.2) is 42.5 Å². The fourth-order valence-corrected chi connectivity index (χ4v) is 2.91. The smallest absolute Gasteiger partial charge is 0.0749 e. The summed E-state index contributed by atoms with van der Waals surface area (Å²) < 4.78 is 0. The van der Waals surface area contributed by atoms with Gasteiger partial charge in [0.05, 0.1) is 11.7 Å². The van der Waals surface area contributed by atoms with Crippen LogP contribution in [-0.2, 0) is 0 Å². The van der Waals surface area contributed by atoms with E-state index in [2.05, 4.69) is 46.7 Å². The molecular formula is C18H22N2. The number of benzene rings is 1. The number of hydrogen-bond acceptors (Lipinski definition) is 2. The minimum Gasteiger partial charge on any atom is -0.308 e. The van der Waals surface area contributed by atoms with Crippen LogP contribution in [0.5, 0.6) is 0 Å². The SMILES string of the molecule is CNC(c1ccc(C2CCC2)cc1)c1cccc(C)n1. The molecule has 2 aromatic rings. The highest BCUT2D eigenvalue weighted by Gasteiger charge is 2.20. The molecule has 1 saturated carbocycles. The van der Waals surface area contributed by atoms with Crippen LogP contribution in [0, 0.1) is 6.92 Å². The molecule has 1 atom stereocenters. The molecule has 1 fully saturated rings. The van der Waals surface area contributed by atoms with Crippen molar-refractivity contribution >= 4 is 0 Å². The normalized spacial score (nSPS) is 16.7. The third kappa shape index (κ3) is 2.61. The Kier molecular flexibility index (Phi) is 3.83. The lowest BCUT2D eigenvalue weighted by molar-refractivity contribution is 0.419. The summed E-state index contributed by atoms with van der Waals surface area (Å²) >= 11 is 0. The van der Waals surface area contributed by atoms with Gasteiger partial charge in [0.15, 0.2) is 0 Å². The molecule has 0 aliphatic heterocycles. The van der Waals surface area contributed by atoms with Gasteiger partial charge in [-0.2, -0.15) is 0 Å². The van der Waals surface area contributed by atoms with E-state index in [0.29, 0.717) is 0 Å². The summed E-state index contributed by atoms with van der Waals surface area (Å²) in [5, 5.41) is 3.38. The lowest BCUT2D eigenvalue weighted by Crippen LogP contribution is -2.19. The van der Waals surface area contributed by atoms with Crippen molar-refractivity contribution < 1.29 is 0 Å². The fraction of sp³-hybridized carbons (Fsp3) is 0.389. The molecule has 0 spiro atoms. The predicted octanol–water partition coefficient (Wildman–Crippen LogP) is 3.97. The van der Waals surface area contributed by atoms with Crippen LogP contribution < -0.4 is 5.32 Å². The maximum Gasteiger partial charge on any atom is 0.0749 e. The third-order valence-corrected chi connectivity index (χ3v) is 4.34. The van der Waals surface area contributed by atoms with Gasteiger partial charge in [-0.05, 0) is 56.0 Å². The van der Waals surface area contributed by atoms with Crippen molar-refractivity contribution in [2.45, 2.75) is 38.1 Å². The monoisotopic (exact) mass is 266 g/mol. The maximum absolute atomic E-state index is 4.64. The highest BCUT2D eigenvalue weighted by atomic mass is 14.9. The Balaban J connectivity index is 1.85. The lowest BCUT2D eigenvalue weighted by atomic mass is 9.80. The number of nitrogens with zero attached hydrogens (tertiary/aromatic N) is 1. The van der Waals surface area contributed by atoms with Gasteiger partial charge in [0.25, 0.3) is 0 Å². The molecular weight excluding hydrogens is 244 g/mol. The predicted molar refractivity (Wildman–Crippen MR) is 82.9 cm³/mol. The average Bonchev–Trinajstić information content (AvgIpc) is 2.40. The minimum atomic E-state index is 0.172. The maximum atomic E-state index is 4.64. The second-order valence-electron chi connectivity index (χ2n) is 5.72. The average molecular weight is 266 g/mol. The molecule has 1 aliphatic rings. The van der Waals surface area contributed by atoms with Crippen molar-refractivity contribution in [2.75, 3.05) is 7.05 Å². The first-order chi connectivity index (χ1) is 9.78. The molecule has 1 heterocycles. The number of nitrogens with one attached hydrogen (secondary N) is 1. The van der Waals surface area contributed by atoms with Crippen LogP contribution in [0.1, 0.15) is 53.7 Å². The summed E-state index contributed by atoms with van der Waals surface area (Å²) in [4.78, 5) is 4.64. The van der Waals surface area contributed by atoms with E-state index in [-0.39, 0.29) is 6.04 Å². The van der Waals surface area contributed by atoms with Crippen molar-refractivity contribution in [1.29, 1.82) is 0 Å². The Morgan fingerprint density at radius 2 is 1.85 bits per heavy atom. The molecule has 2 heteroatoms. The van der Waals surface area contributed by atoms with E-state index in [1.54, 1.807) is 0 Å². The van der Waals surface area contributed by atoms with E-state index in [0.717, 1.165) is 17.3 Å². The Bertz CT molecular complexity index is 570. The summed E-state index contributed by atoms with van der Waals surface area (Å²) in [6, 6.07) is 15.5. The molecule has 1 N–H and O–H groups in total. The molecule has 0 radical (unpaired) electrons. The first-order valence-corrected chi connectivity index (χ1v) is 7.48. The number of pyridine rings is 1. The van der Waals surface area contributed by atoms with Crippen molar-refractivity contribution in [1.82, 2.24) is 10.3 Å². The van der Waals surface area contributed by atoms with Gasteiger partial charge in [-0.25, -0.2) is 0 Å². The van der Waals surface area contributed by atoms with Gasteiger partial charge in [-0.15, -0.1) is 0 Å². The van der Waals surface area contributed by atoms with E-state index in [1.807, 2.05) is 20.0 Å². The number of aromatic nitrogens is 1. The second kappa shape index (κ2) is 5.76. The number of aryl methyl sites for hydroxylation is 1. The molecule has 3 rings (SSSR count). The zero-order valence-electron chi connectivity index (χ0n) is 12.3. The van der Waals surface area contributed by atoms with E-state index >= 15 is 0 Å². The van der Waals surface area contributed by atoms with Crippen LogP contribution in [0.4, 0.5) is 0 Å². The van der Waals surface area contributed by atoms with Gasteiger partial charge >= 0.3 is 0 Å². The molecule has 1 aromatic carbocycles. The fourth-order valence-electron chi connectivity index (χ4n) is 2.91. The van der Waals surface area contributed by atoms with Gasteiger partial charge in [-0.1, -0.05) is 36.8 Å². The highest BCUT2D eigenvalue weighted by molar-refractivity contribution is 5.33. The van der Waals surface area contributed by atoms with Gasteiger partial charge in [-0.3, -0.25) is 4.98 Å². The molecule has 2 nitrogen and oxygen atoms in total. The van der Waals surface area contributed by atoms with Crippen LogP contribution in [0.3, 0.4) is 0 Å². The number of hydrogen-bond donors (Lipinski definition) is 1. The Hall–Kier alpha value is -1.67. The van der Waals surface area contributed by atoms with Crippen molar-refractivity contribution in [2.24, 2.45) is 0 Å². The first-order valence-electron chi connectivity index (χ1n) is 7.48. The van der Waals surface area contributed by atoms with Gasteiger partial charge < -0.3 is 5.32 Å². The summed E-state index contributed by atoms with van der Waals surface area (Å²) in [6.45, 7) is 2.04. The van der Waals surface area contributed by atoms with Crippen molar-refractivity contribution in [3.63, 3.8) is 0 Å². The molecule has 0 bridgehead atoms. The summed E-state index contributed by atoms with van der Waals surface area (Å²) in [5.74, 6) is 0.800. The standard InChI is InChI=1S/C18H22N2/c1-13-5-3-8-17(20-13)18(19-2)16-11-9-15(10-12-16)14-6-4-7-14/h3,5,8-12,14,18-19H,4,6-7H2,1-2H3. The highest BCUT2D eigenvalue weighted by Crippen LogP contribution is 2.36. The van der Waals surface area contributed by atoms with E-state index in [9.17, 15) is 0 Å². The molecule has 1 aliphatic carbocycles. The Morgan fingerprint density at radius 1 is 1.10 bits per heavy atom. The summed E-state index contributed by atoms with van der Waals surface area (Å²) in [6.07, 6.45) is 4.10. The van der Waals surface area contributed by atoms with Crippen LogP contribution in [0.25, 0.3) is 0 Å². The van der Waals surface area contributed by atoms with Gasteiger partial charge in [0, 0.05) is 5.69 Å². The topological polar surface area (TPSA) is 24.9 Å². The number of rotatable bonds is 4. The zero-order chi connectivity index (χ0) is 13.9. The largest absolute Gasteiger partial charge is 0.308 e. The first kappa shape index (κ1) is 13.3. The van der Waals surface area contributed by atoms with Crippen LogP contribution in [0.2, 0.25) is 0 Å². The lowest BCUT2D eigenvalue weighted by Gasteiger charge is -2.26. The van der Waals surface area contributed by atoms with Crippen molar-refractivity contribution in [3.05, 3.63) is 65.0 Å². The third-order valence-electron chi connectivity index (χ3n) is 4.34. The van der Waals surface area contributed by atoms with Gasteiger partial charge in [0.1, 0.15) is 0 Å². The molecule has 0 amide bonds.